The third-order valence-corrected chi connectivity index (χ3v) is 3.56. The molecule has 0 aliphatic rings. The van der Waals surface area contributed by atoms with Crippen molar-refractivity contribution in [3.8, 4) is 0 Å². The van der Waals surface area contributed by atoms with Crippen LogP contribution in [0.3, 0.4) is 0 Å². The Labute approximate surface area is 174 Å². The minimum Gasteiger partial charge on any atom is -0.438 e. The fourth-order valence-electron chi connectivity index (χ4n) is 2.07. The van der Waals surface area contributed by atoms with Gasteiger partial charge in [0.15, 0.2) is 6.23 Å². The number of nitrogens with one attached hydrogen (secondary N) is 3. The Hall–Kier alpha value is -4.40. The number of amides is 1. The molecule has 5 N–H and O–H groups in total. The van der Waals surface area contributed by atoms with Crippen LogP contribution in [0, 0.1) is 20.2 Å². The first-order valence-electron chi connectivity index (χ1n) is 8.69. The zero-order chi connectivity index (χ0) is 22.8. The van der Waals surface area contributed by atoms with Crippen LogP contribution in [0.1, 0.15) is 0 Å². The minimum atomic E-state index is -1.19. The van der Waals surface area contributed by atoms with Gasteiger partial charge in [-0.25, -0.2) is 14.8 Å². The Kier molecular flexibility index (Phi) is 8.09. The van der Waals surface area contributed by atoms with Crippen LogP contribution in [-0.2, 0) is 14.3 Å². The molecule has 1 unspecified atom stereocenters. The molecule has 15 heteroatoms. The summed E-state index contributed by atoms with van der Waals surface area (Å²) in [6, 6.07) is 5.26. The van der Waals surface area contributed by atoms with E-state index >= 15 is 0 Å². The van der Waals surface area contributed by atoms with Gasteiger partial charge in [-0.15, -0.1) is 0 Å². The minimum absolute atomic E-state index is 0.0484. The van der Waals surface area contributed by atoms with E-state index in [4.69, 9.17) is 10.5 Å². The fourth-order valence-corrected chi connectivity index (χ4v) is 2.07. The summed E-state index contributed by atoms with van der Waals surface area (Å²) in [6.07, 6.45) is 0.964. The van der Waals surface area contributed by atoms with Gasteiger partial charge in [0.1, 0.15) is 24.0 Å². The van der Waals surface area contributed by atoms with E-state index in [1.54, 1.807) is 0 Å². The molecule has 0 fully saturated rings. The zero-order valence-corrected chi connectivity index (χ0v) is 15.9. The molecular weight excluding hydrogens is 416 g/mol. The molecule has 0 bridgehead atoms. The van der Waals surface area contributed by atoms with Crippen molar-refractivity contribution >= 4 is 34.9 Å². The van der Waals surface area contributed by atoms with E-state index in [1.165, 1.54) is 24.3 Å². The summed E-state index contributed by atoms with van der Waals surface area (Å²) < 4.78 is 4.78. The third-order valence-electron chi connectivity index (χ3n) is 3.56. The van der Waals surface area contributed by atoms with Crippen molar-refractivity contribution in [1.29, 1.82) is 0 Å². The molecule has 2 rings (SSSR count). The summed E-state index contributed by atoms with van der Waals surface area (Å²) in [5, 5.41) is 29.0. The lowest BCUT2D eigenvalue weighted by atomic mass is 10.4. The quantitative estimate of drug-likeness (QED) is 0.0951. The molecule has 0 spiro atoms. The number of carbonyl (C=O) groups is 2. The van der Waals surface area contributed by atoms with Gasteiger partial charge in [-0.3, -0.25) is 30.8 Å². The van der Waals surface area contributed by atoms with Crippen molar-refractivity contribution in [1.82, 2.24) is 15.3 Å². The summed E-state index contributed by atoms with van der Waals surface area (Å²) in [4.78, 5) is 51.0. The zero-order valence-electron chi connectivity index (χ0n) is 15.9. The van der Waals surface area contributed by atoms with Crippen LogP contribution in [0.5, 0.6) is 0 Å². The molecule has 164 valence electrons. The summed E-state index contributed by atoms with van der Waals surface area (Å²) in [5.41, 5.74) is 5.27. The van der Waals surface area contributed by atoms with E-state index in [2.05, 4.69) is 25.9 Å². The number of nitrogens with zero attached hydrogens (tertiary/aromatic N) is 4. The Bertz CT molecular complexity index is 936. The molecule has 2 heterocycles. The van der Waals surface area contributed by atoms with E-state index in [9.17, 15) is 29.8 Å². The summed E-state index contributed by atoms with van der Waals surface area (Å²) in [7, 11) is 0. The second-order valence-corrected chi connectivity index (χ2v) is 5.82. The Morgan fingerprint density at radius 3 is 2.00 bits per heavy atom. The van der Waals surface area contributed by atoms with Gasteiger partial charge in [0.2, 0.25) is 0 Å². The van der Waals surface area contributed by atoms with Crippen LogP contribution >= 0.6 is 0 Å². The first-order chi connectivity index (χ1) is 14.8. The largest absolute Gasteiger partial charge is 0.438 e. The number of nitrogens with two attached hydrogens (primary N) is 1. The third kappa shape index (κ3) is 7.50. The smallest absolute Gasteiger partial charge is 0.398 e. The van der Waals surface area contributed by atoms with E-state index in [0.717, 1.165) is 12.4 Å². The highest BCUT2D eigenvalue weighted by Gasteiger charge is 2.18. The highest BCUT2D eigenvalue weighted by Crippen LogP contribution is 2.12. The van der Waals surface area contributed by atoms with Gasteiger partial charge in [-0.2, -0.15) is 0 Å². The second kappa shape index (κ2) is 11.0. The second-order valence-electron chi connectivity index (χ2n) is 5.82. The number of esters is 1. The number of ether oxygens (including phenoxy) is 1. The molecule has 2 aromatic rings. The molecule has 15 nitrogen and oxygen atoms in total. The molecule has 31 heavy (non-hydrogen) atoms. The molecule has 0 radical (unpaired) electrons. The number of rotatable bonds is 10. The van der Waals surface area contributed by atoms with E-state index in [-0.39, 0.29) is 36.8 Å². The first kappa shape index (κ1) is 22.9. The number of nitro groups is 2. The maximum Gasteiger partial charge on any atom is 0.398 e. The van der Waals surface area contributed by atoms with Crippen LogP contribution in [0.15, 0.2) is 36.7 Å². The lowest BCUT2D eigenvalue weighted by molar-refractivity contribution is -0.385. The SMILES string of the molecule is NC(CNc1ccc([N+](=O)[O-])cn1)OC(=O)C(=O)NCCNc1ccc([N+](=O)[O-])cn1. The number of hydrogen-bond donors (Lipinski definition) is 4. The predicted molar refractivity (Wildman–Crippen MR) is 106 cm³/mol. The Balaban J connectivity index is 1.66. The van der Waals surface area contributed by atoms with Crippen LogP contribution in [0.25, 0.3) is 0 Å². The highest BCUT2D eigenvalue weighted by atomic mass is 16.6. The number of hydrogen-bond acceptors (Lipinski definition) is 12. The van der Waals surface area contributed by atoms with E-state index in [0.29, 0.717) is 5.82 Å². The Morgan fingerprint density at radius 1 is 0.968 bits per heavy atom. The summed E-state index contributed by atoms with van der Waals surface area (Å²) in [6.45, 7) is 0.160. The molecule has 1 atom stereocenters. The van der Waals surface area contributed by atoms with E-state index in [1.807, 2.05) is 0 Å². The fraction of sp³-hybridized carbons (Fsp3) is 0.250. The molecule has 0 aliphatic heterocycles. The first-order valence-corrected chi connectivity index (χ1v) is 8.69. The van der Waals surface area contributed by atoms with Gasteiger partial charge >= 0.3 is 11.9 Å². The van der Waals surface area contributed by atoms with Gasteiger partial charge in [-0.05, 0) is 12.1 Å². The Morgan fingerprint density at radius 2 is 1.52 bits per heavy atom. The van der Waals surface area contributed by atoms with Gasteiger partial charge in [0.05, 0.1) is 16.4 Å². The average molecular weight is 434 g/mol. The van der Waals surface area contributed by atoms with Crippen molar-refractivity contribution in [2.45, 2.75) is 6.23 Å². The monoisotopic (exact) mass is 434 g/mol. The number of anilines is 2. The average Bonchev–Trinajstić information content (AvgIpc) is 2.75. The van der Waals surface area contributed by atoms with Crippen molar-refractivity contribution in [3.05, 3.63) is 56.9 Å². The number of aromatic nitrogens is 2. The van der Waals surface area contributed by atoms with Crippen molar-refractivity contribution in [2.75, 3.05) is 30.3 Å². The molecule has 0 aromatic carbocycles. The molecule has 0 saturated heterocycles. The number of carbonyl (C=O) groups excluding carboxylic acids is 2. The van der Waals surface area contributed by atoms with Crippen molar-refractivity contribution in [3.63, 3.8) is 0 Å². The van der Waals surface area contributed by atoms with Crippen molar-refractivity contribution in [2.24, 2.45) is 5.73 Å². The lowest BCUT2D eigenvalue weighted by Crippen LogP contribution is -2.41. The van der Waals surface area contributed by atoms with Crippen LogP contribution in [-0.4, -0.2) is 57.6 Å². The predicted octanol–water partition coefficient (Wildman–Crippen LogP) is -0.239. The van der Waals surface area contributed by atoms with Gasteiger partial charge < -0.3 is 20.7 Å². The maximum atomic E-state index is 11.7. The normalized spacial score (nSPS) is 11.1. The highest BCUT2D eigenvalue weighted by molar-refractivity contribution is 6.32. The van der Waals surface area contributed by atoms with Crippen LogP contribution in [0.2, 0.25) is 0 Å². The summed E-state index contributed by atoms with van der Waals surface area (Å²) in [5.74, 6) is -1.58. The van der Waals surface area contributed by atoms with Crippen LogP contribution < -0.4 is 21.7 Å². The maximum absolute atomic E-state index is 11.7. The number of pyridine rings is 2. The topological polar surface area (TPSA) is 218 Å². The standard InChI is InChI=1S/C16H18N8O7/c17-12(9-22-14-4-2-11(8-21-14)24(29)30)31-16(26)15(25)19-6-5-18-13-3-1-10(7-20-13)23(27)28/h1-4,7-8,12H,5-6,9,17H2,(H,18,20)(H,19,25)(H,21,22). The van der Waals surface area contributed by atoms with Crippen LogP contribution in [0.4, 0.5) is 23.0 Å². The summed E-state index contributed by atoms with van der Waals surface area (Å²) >= 11 is 0. The molecule has 2 aromatic heterocycles. The van der Waals surface area contributed by atoms with E-state index < -0.39 is 28.0 Å². The molecular formula is C16H18N8O7. The molecule has 0 aliphatic carbocycles. The van der Waals surface area contributed by atoms with Gasteiger partial charge in [0, 0.05) is 25.2 Å². The van der Waals surface area contributed by atoms with Crippen molar-refractivity contribution < 1.29 is 24.2 Å². The van der Waals surface area contributed by atoms with Gasteiger partial charge in [-0.1, -0.05) is 0 Å². The molecule has 0 saturated carbocycles. The van der Waals surface area contributed by atoms with Gasteiger partial charge in [0.25, 0.3) is 11.4 Å². The molecule has 1 amide bonds. The lowest BCUT2D eigenvalue weighted by Gasteiger charge is -2.14.